The van der Waals surface area contributed by atoms with Crippen LogP contribution in [0.2, 0.25) is 0 Å². The number of nitrogens with zero attached hydrogens (tertiary/aromatic N) is 2. The lowest BCUT2D eigenvalue weighted by Gasteiger charge is -2.14. The molecule has 2 N–H and O–H groups in total. The normalized spacial score (nSPS) is 14.4. The third-order valence-corrected chi connectivity index (χ3v) is 2.19. The smallest absolute Gasteiger partial charge is 0.123 e. The van der Waals surface area contributed by atoms with Crippen LogP contribution in [0.1, 0.15) is 18.2 Å². The van der Waals surface area contributed by atoms with Gasteiger partial charge in [-0.05, 0) is 28.1 Å². The lowest BCUT2D eigenvalue weighted by Crippen LogP contribution is -2.18. The van der Waals surface area contributed by atoms with Crippen LogP contribution in [-0.4, -0.2) is 21.3 Å². The van der Waals surface area contributed by atoms with Crippen LogP contribution in [0.15, 0.2) is 22.8 Å². The highest BCUT2D eigenvalue weighted by Gasteiger charge is 2.18. The third kappa shape index (κ3) is 2.77. The highest BCUT2D eigenvalue weighted by atomic mass is 79.9. The molecule has 4 nitrogen and oxygen atoms in total. The van der Waals surface area contributed by atoms with Gasteiger partial charge in [0.25, 0.3) is 0 Å². The molecule has 14 heavy (non-hydrogen) atoms. The van der Waals surface area contributed by atoms with E-state index in [0.29, 0.717) is 5.69 Å². The van der Waals surface area contributed by atoms with Gasteiger partial charge in [-0.1, -0.05) is 0 Å². The van der Waals surface area contributed by atoms with Crippen LogP contribution in [-0.2, 0) is 0 Å². The first-order chi connectivity index (χ1) is 6.65. The van der Waals surface area contributed by atoms with E-state index in [1.54, 1.807) is 18.2 Å². The van der Waals surface area contributed by atoms with Crippen LogP contribution in [0.3, 0.4) is 0 Å². The maximum Gasteiger partial charge on any atom is 0.123 e. The third-order valence-electron chi connectivity index (χ3n) is 1.72. The number of halogens is 1. The number of pyridine rings is 1. The van der Waals surface area contributed by atoms with Gasteiger partial charge >= 0.3 is 0 Å². The number of aliphatic hydroxyl groups is 2. The quantitative estimate of drug-likeness (QED) is 0.851. The van der Waals surface area contributed by atoms with Crippen molar-refractivity contribution in [1.82, 2.24) is 4.98 Å². The van der Waals surface area contributed by atoms with Crippen LogP contribution >= 0.6 is 15.9 Å². The standard InChI is InChI=1S/C9H9BrN2O2/c10-6-1-2-7(12-5-6)9(14)8(13)3-4-11/h1-2,5,8-9,13-14H,3H2. The van der Waals surface area contributed by atoms with E-state index in [4.69, 9.17) is 5.26 Å². The molecule has 0 bridgehead atoms. The molecule has 5 heteroatoms. The first-order valence-corrected chi connectivity index (χ1v) is 4.79. The summed E-state index contributed by atoms with van der Waals surface area (Å²) in [7, 11) is 0. The molecule has 0 aliphatic carbocycles. The Morgan fingerprint density at radius 3 is 2.71 bits per heavy atom. The predicted molar refractivity (Wildman–Crippen MR) is 53.1 cm³/mol. The Labute approximate surface area is 90.0 Å². The highest BCUT2D eigenvalue weighted by molar-refractivity contribution is 9.10. The van der Waals surface area contributed by atoms with Crippen molar-refractivity contribution in [1.29, 1.82) is 5.26 Å². The van der Waals surface area contributed by atoms with Gasteiger partial charge in [0.1, 0.15) is 6.10 Å². The largest absolute Gasteiger partial charge is 0.389 e. The van der Waals surface area contributed by atoms with E-state index in [2.05, 4.69) is 20.9 Å². The van der Waals surface area contributed by atoms with Crippen molar-refractivity contribution in [3.63, 3.8) is 0 Å². The Morgan fingerprint density at radius 1 is 1.50 bits per heavy atom. The maximum atomic E-state index is 9.53. The van der Waals surface area contributed by atoms with Gasteiger partial charge < -0.3 is 10.2 Å². The number of rotatable bonds is 3. The molecule has 0 aliphatic rings. The minimum Gasteiger partial charge on any atom is -0.389 e. The zero-order valence-corrected chi connectivity index (χ0v) is 8.85. The molecule has 2 atom stereocenters. The van der Waals surface area contributed by atoms with Gasteiger partial charge in [0.15, 0.2) is 0 Å². The Balaban J connectivity index is 2.74. The lowest BCUT2D eigenvalue weighted by molar-refractivity contribution is 0.0190. The second kappa shape index (κ2) is 5.05. The van der Waals surface area contributed by atoms with Gasteiger partial charge in [-0.3, -0.25) is 4.98 Å². The molecule has 1 rings (SSSR count). The fourth-order valence-electron chi connectivity index (χ4n) is 0.964. The number of aromatic nitrogens is 1. The monoisotopic (exact) mass is 256 g/mol. The maximum absolute atomic E-state index is 9.53. The van der Waals surface area contributed by atoms with Crippen molar-refractivity contribution in [3.8, 4) is 6.07 Å². The molecule has 0 spiro atoms. The van der Waals surface area contributed by atoms with Gasteiger partial charge in [-0.25, -0.2) is 0 Å². The van der Waals surface area contributed by atoms with E-state index in [-0.39, 0.29) is 6.42 Å². The molecule has 1 aromatic rings. The molecule has 1 aromatic heterocycles. The van der Waals surface area contributed by atoms with Crippen LogP contribution in [0.25, 0.3) is 0 Å². The SMILES string of the molecule is N#CCC(O)C(O)c1ccc(Br)cn1. The van der Waals surface area contributed by atoms with Crippen LogP contribution in [0, 0.1) is 11.3 Å². The summed E-state index contributed by atoms with van der Waals surface area (Å²) in [5.41, 5.74) is 0.357. The molecule has 0 aromatic carbocycles. The fourth-order valence-corrected chi connectivity index (χ4v) is 1.20. The molecule has 0 fully saturated rings. The van der Waals surface area contributed by atoms with Crippen molar-refractivity contribution in [2.24, 2.45) is 0 Å². The highest BCUT2D eigenvalue weighted by Crippen LogP contribution is 2.18. The van der Waals surface area contributed by atoms with Gasteiger partial charge in [-0.2, -0.15) is 5.26 Å². The summed E-state index contributed by atoms with van der Waals surface area (Å²) < 4.78 is 0.795. The molecule has 74 valence electrons. The second-order valence-electron chi connectivity index (χ2n) is 2.78. The average molecular weight is 257 g/mol. The molecule has 0 aliphatic heterocycles. The summed E-state index contributed by atoms with van der Waals surface area (Å²) in [5, 5.41) is 27.2. The Kier molecular flexibility index (Phi) is 4.01. The van der Waals surface area contributed by atoms with Crippen molar-refractivity contribution >= 4 is 15.9 Å². The number of aliphatic hydroxyl groups excluding tert-OH is 2. The molecule has 0 radical (unpaired) electrons. The number of hydrogen-bond donors (Lipinski definition) is 2. The zero-order valence-electron chi connectivity index (χ0n) is 7.26. The van der Waals surface area contributed by atoms with Gasteiger partial charge in [0.2, 0.25) is 0 Å². The second-order valence-corrected chi connectivity index (χ2v) is 3.69. The molecule has 0 saturated heterocycles. The summed E-state index contributed by atoms with van der Waals surface area (Å²) in [4.78, 5) is 3.92. The number of nitriles is 1. The van der Waals surface area contributed by atoms with Gasteiger partial charge in [-0.15, -0.1) is 0 Å². The van der Waals surface area contributed by atoms with E-state index in [1.165, 1.54) is 6.20 Å². The molecular formula is C9H9BrN2O2. The first kappa shape index (κ1) is 11.1. The summed E-state index contributed by atoms with van der Waals surface area (Å²) in [5.74, 6) is 0. The van der Waals surface area contributed by atoms with Crippen molar-refractivity contribution in [2.45, 2.75) is 18.6 Å². The number of hydrogen-bond acceptors (Lipinski definition) is 4. The average Bonchev–Trinajstić information content (AvgIpc) is 2.18. The van der Waals surface area contributed by atoms with Gasteiger partial charge in [0.05, 0.1) is 24.3 Å². The van der Waals surface area contributed by atoms with E-state index >= 15 is 0 Å². The first-order valence-electron chi connectivity index (χ1n) is 3.99. The summed E-state index contributed by atoms with van der Waals surface area (Å²) in [6.07, 6.45) is -0.785. The van der Waals surface area contributed by atoms with Crippen molar-refractivity contribution in [2.75, 3.05) is 0 Å². The van der Waals surface area contributed by atoms with Crippen LogP contribution in [0.5, 0.6) is 0 Å². The van der Waals surface area contributed by atoms with Crippen molar-refractivity contribution < 1.29 is 10.2 Å². The van der Waals surface area contributed by atoms with Crippen LogP contribution in [0.4, 0.5) is 0 Å². The Hall–Kier alpha value is -0.960. The zero-order chi connectivity index (χ0) is 10.6. The van der Waals surface area contributed by atoms with E-state index in [0.717, 1.165) is 4.47 Å². The van der Waals surface area contributed by atoms with E-state index in [9.17, 15) is 10.2 Å². The van der Waals surface area contributed by atoms with Crippen molar-refractivity contribution in [3.05, 3.63) is 28.5 Å². The predicted octanol–water partition coefficient (Wildman–Crippen LogP) is 1.15. The minimum atomic E-state index is -1.11. The molecular weight excluding hydrogens is 248 g/mol. The minimum absolute atomic E-state index is 0.112. The molecule has 0 amide bonds. The molecule has 0 saturated carbocycles. The Morgan fingerprint density at radius 2 is 2.21 bits per heavy atom. The summed E-state index contributed by atoms with van der Waals surface area (Å²) in [6, 6.07) is 5.09. The molecule has 1 heterocycles. The summed E-state index contributed by atoms with van der Waals surface area (Å²) >= 11 is 3.20. The Bertz CT molecular complexity index is 334. The molecule has 2 unspecified atom stereocenters. The topological polar surface area (TPSA) is 77.1 Å². The van der Waals surface area contributed by atoms with E-state index < -0.39 is 12.2 Å². The van der Waals surface area contributed by atoms with Gasteiger partial charge in [0, 0.05) is 10.7 Å². The lowest BCUT2D eigenvalue weighted by atomic mass is 10.1. The van der Waals surface area contributed by atoms with E-state index in [1.807, 2.05) is 0 Å². The van der Waals surface area contributed by atoms with Crippen LogP contribution < -0.4 is 0 Å². The summed E-state index contributed by atoms with van der Waals surface area (Å²) in [6.45, 7) is 0. The fraction of sp³-hybridized carbons (Fsp3) is 0.333.